The van der Waals surface area contributed by atoms with Crippen LogP contribution in [0, 0.1) is 0 Å². The zero-order chi connectivity index (χ0) is 10.8. The SMILES string of the molecule is CC(Cl)C(O)c1cccc2ccccc12. The molecule has 2 aromatic carbocycles. The van der Waals surface area contributed by atoms with Gasteiger partial charge in [-0.2, -0.15) is 0 Å². The van der Waals surface area contributed by atoms with Gasteiger partial charge in [-0.05, 0) is 23.3 Å². The number of aliphatic hydroxyl groups is 1. The molecule has 0 aromatic heterocycles. The minimum Gasteiger partial charge on any atom is -0.387 e. The highest BCUT2D eigenvalue weighted by atomic mass is 35.5. The topological polar surface area (TPSA) is 20.2 Å². The van der Waals surface area contributed by atoms with E-state index in [2.05, 4.69) is 0 Å². The number of hydrogen-bond acceptors (Lipinski definition) is 1. The molecule has 0 saturated carbocycles. The fraction of sp³-hybridized carbons (Fsp3) is 0.231. The highest BCUT2D eigenvalue weighted by Gasteiger charge is 2.15. The number of benzene rings is 2. The van der Waals surface area contributed by atoms with Gasteiger partial charge in [-0.25, -0.2) is 0 Å². The second-order valence-electron chi connectivity index (χ2n) is 3.69. The molecule has 0 fully saturated rings. The van der Waals surface area contributed by atoms with Gasteiger partial charge >= 0.3 is 0 Å². The molecule has 78 valence electrons. The molecule has 2 atom stereocenters. The van der Waals surface area contributed by atoms with Crippen molar-refractivity contribution in [2.45, 2.75) is 18.4 Å². The maximum Gasteiger partial charge on any atom is 0.0956 e. The highest BCUT2D eigenvalue weighted by Crippen LogP contribution is 2.27. The van der Waals surface area contributed by atoms with Crippen LogP contribution in [-0.2, 0) is 0 Å². The van der Waals surface area contributed by atoms with E-state index < -0.39 is 6.10 Å². The van der Waals surface area contributed by atoms with Crippen LogP contribution in [0.25, 0.3) is 10.8 Å². The Morgan fingerprint density at radius 2 is 1.73 bits per heavy atom. The summed E-state index contributed by atoms with van der Waals surface area (Å²) in [6.45, 7) is 1.80. The van der Waals surface area contributed by atoms with Crippen molar-refractivity contribution in [2.75, 3.05) is 0 Å². The molecule has 2 heteroatoms. The standard InChI is InChI=1S/C13H13ClO/c1-9(14)13(15)12-8-4-6-10-5-2-3-7-11(10)12/h2-9,13,15H,1H3. The summed E-state index contributed by atoms with van der Waals surface area (Å²) in [6.07, 6.45) is -0.613. The normalized spacial score (nSPS) is 15.1. The van der Waals surface area contributed by atoms with Crippen molar-refractivity contribution in [3.8, 4) is 0 Å². The van der Waals surface area contributed by atoms with Gasteiger partial charge in [0.25, 0.3) is 0 Å². The maximum absolute atomic E-state index is 9.96. The van der Waals surface area contributed by atoms with E-state index in [4.69, 9.17) is 11.6 Å². The molecule has 0 aliphatic carbocycles. The summed E-state index contributed by atoms with van der Waals surface area (Å²) in [5.74, 6) is 0. The molecule has 0 saturated heterocycles. The van der Waals surface area contributed by atoms with Gasteiger partial charge < -0.3 is 5.11 Å². The van der Waals surface area contributed by atoms with Gasteiger partial charge in [-0.3, -0.25) is 0 Å². The summed E-state index contributed by atoms with van der Waals surface area (Å²) in [6, 6.07) is 13.9. The van der Waals surface area contributed by atoms with Crippen LogP contribution in [0.1, 0.15) is 18.6 Å². The van der Waals surface area contributed by atoms with Crippen LogP contribution in [0.4, 0.5) is 0 Å². The van der Waals surface area contributed by atoms with E-state index in [0.717, 1.165) is 16.3 Å². The Labute approximate surface area is 94.3 Å². The molecule has 1 nitrogen and oxygen atoms in total. The first-order chi connectivity index (χ1) is 7.20. The molecule has 0 aliphatic heterocycles. The fourth-order valence-corrected chi connectivity index (χ4v) is 1.89. The van der Waals surface area contributed by atoms with Crippen molar-refractivity contribution in [2.24, 2.45) is 0 Å². The molecule has 0 aliphatic rings. The van der Waals surface area contributed by atoms with E-state index in [0.29, 0.717) is 0 Å². The van der Waals surface area contributed by atoms with Gasteiger partial charge in [0.15, 0.2) is 0 Å². The molecule has 0 amide bonds. The van der Waals surface area contributed by atoms with Crippen molar-refractivity contribution >= 4 is 22.4 Å². The summed E-state index contributed by atoms with van der Waals surface area (Å²) in [5, 5.41) is 11.9. The average molecular weight is 221 g/mol. The fourth-order valence-electron chi connectivity index (χ4n) is 1.76. The Bertz CT molecular complexity index is 460. The molecule has 0 bridgehead atoms. The summed E-state index contributed by atoms with van der Waals surface area (Å²) in [5.41, 5.74) is 0.899. The number of fused-ring (bicyclic) bond motifs is 1. The zero-order valence-electron chi connectivity index (χ0n) is 8.52. The molecule has 0 heterocycles. The Morgan fingerprint density at radius 1 is 1.07 bits per heavy atom. The minimum absolute atomic E-state index is 0.282. The molecule has 2 unspecified atom stereocenters. The maximum atomic E-state index is 9.96. The summed E-state index contributed by atoms with van der Waals surface area (Å²) in [7, 11) is 0. The van der Waals surface area contributed by atoms with Crippen LogP contribution >= 0.6 is 11.6 Å². The number of alkyl halides is 1. The highest BCUT2D eigenvalue weighted by molar-refractivity contribution is 6.20. The van der Waals surface area contributed by atoms with Gasteiger partial charge in [0, 0.05) is 0 Å². The van der Waals surface area contributed by atoms with Crippen LogP contribution in [0.5, 0.6) is 0 Å². The number of aliphatic hydroxyl groups excluding tert-OH is 1. The first-order valence-corrected chi connectivity index (χ1v) is 5.43. The van der Waals surface area contributed by atoms with E-state index >= 15 is 0 Å². The Balaban J connectivity index is 2.60. The largest absolute Gasteiger partial charge is 0.387 e. The van der Waals surface area contributed by atoms with Crippen molar-refractivity contribution < 1.29 is 5.11 Å². The van der Waals surface area contributed by atoms with Gasteiger partial charge in [0.2, 0.25) is 0 Å². The van der Waals surface area contributed by atoms with E-state index in [9.17, 15) is 5.11 Å². The molecular formula is C13H13ClO. The number of halogens is 1. The van der Waals surface area contributed by atoms with E-state index in [1.165, 1.54) is 0 Å². The third kappa shape index (κ3) is 1.99. The molecule has 2 rings (SSSR count). The molecule has 2 aromatic rings. The van der Waals surface area contributed by atoms with Gasteiger partial charge in [0.1, 0.15) is 0 Å². The van der Waals surface area contributed by atoms with Crippen LogP contribution in [0.3, 0.4) is 0 Å². The predicted octanol–water partition coefficient (Wildman–Crippen LogP) is 3.50. The second-order valence-corrected chi connectivity index (χ2v) is 4.38. The average Bonchev–Trinajstić information content (AvgIpc) is 2.27. The first-order valence-electron chi connectivity index (χ1n) is 5.00. The zero-order valence-corrected chi connectivity index (χ0v) is 9.28. The minimum atomic E-state index is -0.613. The first kappa shape index (κ1) is 10.5. The van der Waals surface area contributed by atoms with Crippen LogP contribution in [0.2, 0.25) is 0 Å². The Kier molecular flexibility index (Phi) is 2.94. The van der Waals surface area contributed by atoms with Gasteiger partial charge in [-0.15, -0.1) is 11.6 Å². The molecular weight excluding hydrogens is 208 g/mol. The smallest absolute Gasteiger partial charge is 0.0956 e. The molecule has 15 heavy (non-hydrogen) atoms. The van der Waals surface area contributed by atoms with Crippen LogP contribution in [-0.4, -0.2) is 10.5 Å². The monoisotopic (exact) mass is 220 g/mol. The van der Waals surface area contributed by atoms with Crippen molar-refractivity contribution in [1.29, 1.82) is 0 Å². The van der Waals surface area contributed by atoms with Gasteiger partial charge in [0.05, 0.1) is 11.5 Å². The Morgan fingerprint density at radius 3 is 2.47 bits per heavy atom. The van der Waals surface area contributed by atoms with Crippen molar-refractivity contribution in [3.05, 3.63) is 48.0 Å². The molecule has 0 radical (unpaired) electrons. The number of hydrogen-bond donors (Lipinski definition) is 1. The molecule has 0 spiro atoms. The van der Waals surface area contributed by atoms with Gasteiger partial charge in [-0.1, -0.05) is 42.5 Å². The second kappa shape index (κ2) is 4.21. The lowest BCUT2D eigenvalue weighted by Gasteiger charge is -2.15. The van der Waals surface area contributed by atoms with E-state index in [-0.39, 0.29) is 5.38 Å². The lowest BCUT2D eigenvalue weighted by atomic mass is 9.99. The third-order valence-corrected chi connectivity index (χ3v) is 2.82. The number of rotatable bonds is 2. The summed E-state index contributed by atoms with van der Waals surface area (Å²) in [4.78, 5) is 0. The van der Waals surface area contributed by atoms with E-state index in [1.807, 2.05) is 42.5 Å². The van der Waals surface area contributed by atoms with Crippen molar-refractivity contribution in [3.63, 3.8) is 0 Å². The van der Waals surface area contributed by atoms with Crippen LogP contribution in [0.15, 0.2) is 42.5 Å². The lowest BCUT2D eigenvalue weighted by molar-refractivity contribution is 0.179. The lowest BCUT2D eigenvalue weighted by Crippen LogP contribution is -2.08. The van der Waals surface area contributed by atoms with Crippen LogP contribution < -0.4 is 0 Å². The third-order valence-electron chi connectivity index (χ3n) is 2.58. The predicted molar refractivity (Wildman–Crippen MR) is 64.2 cm³/mol. The summed E-state index contributed by atoms with van der Waals surface area (Å²) < 4.78 is 0. The summed E-state index contributed by atoms with van der Waals surface area (Å²) >= 11 is 5.91. The van der Waals surface area contributed by atoms with E-state index in [1.54, 1.807) is 6.92 Å². The Hall–Kier alpha value is -1.05. The molecule has 1 N–H and O–H groups in total. The van der Waals surface area contributed by atoms with Crippen molar-refractivity contribution in [1.82, 2.24) is 0 Å². The quantitative estimate of drug-likeness (QED) is 0.769.